The molecule has 0 aromatic heterocycles. The summed E-state index contributed by atoms with van der Waals surface area (Å²) in [6.07, 6.45) is -1.28. The summed E-state index contributed by atoms with van der Waals surface area (Å²) in [6.45, 7) is 4.76. The third-order valence-electron chi connectivity index (χ3n) is 4.03. The average molecular weight is 384 g/mol. The van der Waals surface area contributed by atoms with E-state index in [4.69, 9.17) is 4.74 Å². The van der Waals surface area contributed by atoms with Crippen LogP contribution in [0.4, 0.5) is 13.6 Å². The molecule has 148 valence electrons. The quantitative estimate of drug-likeness (QED) is 0.862. The first-order chi connectivity index (χ1) is 12.5. The van der Waals surface area contributed by atoms with Crippen molar-refractivity contribution in [1.29, 1.82) is 0 Å². The second kappa shape index (κ2) is 7.89. The van der Waals surface area contributed by atoms with Gasteiger partial charge >= 0.3 is 12.1 Å². The zero-order valence-corrected chi connectivity index (χ0v) is 15.4. The maximum atomic E-state index is 13.8. The van der Waals surface area contributed by atoms with Gasteiger partial charge in [-0.1, -0.05) is 6.07 Å². The van der Waals surface area contributed by atoms with Crippen molar-refractivity contribution in [2.24, 2.45) is 0 Å². The Labute approximate surface area is 155 Å². The van der Waals surface area contributed by atoms with Crippen molar-refractivity contribution >= 4 is 18.0 Å². The highest BCUT2D eigenvalue weighted by Crippen LogP contribution is 2.19. The van der Waals surface area contributed by atoms with Crippen LogP contribution in [0.5, 0.6) is 0 Å². The molecule has 0 spiro atoms. The van der Waals surface area contributed by atoms with Gasteiger partial charge < -0.3 is 19.6 Å². The average Bonchev–Trinajstić information content (AvgIpc) is 2.56. The van der Waals surface area contributed by atoms with Gasteiger partial charge in [0.1, 0.15) is 23.3 Å². The molecule has 0 radical (unpaired) electrons. The second-order valence-electron chi connectivity index (χ2n) is 7.24. The van der Waals surface area contributed by atoms with Crippen LogP contribution in [0.25, 0.3) is 0 Å². The molecule has 1 fully saturated rings. The lowest BCUT2D eigenvalue weighted by molar-refractivity contribution is -0.153. The highest BCUT2D eigenvalue weighted by molar-refractivity contribution is 5.86. The number of hydrogen-bond donors (Lipinski definition) is 1. The monoisotopic (exact) mass is 384 g/mol. The first-order valence-corrected chi connectivity index (χ1v) is 8.42. The zero-order valence-electron chi connectivity index (χ0n) is 15.4. The molecule has 9 heteroatoms. The Hall–Kier alpha value is -2.71. The summed E-state index contributed by atoms with van der Waals surface area (Å²) in [6, 6.07) is 1.91. The second-order valence-corrected chi connectivity index (χ2v) is 7.24. The smallest absolute Gasteiger partial charge is 0.410 e. The van der Waals surface area contributed by atoms with Crippen LogP contribution >= 0.6 is 0 Å². The number of halogens is 2. The number of aliphatic carboxylic acids is 1. The Morgan fingerprint density at radius 2 is 1.78 bits per heavy atom. The molecule has 27 heavy (non-hydrogen) atoms. The van der Waals surface area contributed by atoms with Crippen LogP contribution in [0.3, 0.4) is 0 Å². The van der Waals surface area contributed by atoms with E-state index in [1.165, 1.54) is 11.0 Å². The largest absolute Gasteiger partial charge is 0.480 e. The molecule has 1 unspecified atom stereocenters. The number of nitrogens with zero attached hydrogens (tertiary/aromatic N) is 2. The summed E-state index contributed by atoms with van der Waals surface area (Å²) in [5, 5.41) is 9.44. The Morgan fingerprint density at radius 1 is 1.19 bits per heavy atom. The number of piperazine rings is 1. The number of benzene rings is 1. The van der Waals surface area contributed by atoms with E-state index in [0.717, 1.165) is 17.0 Å². The molecule has 1 saturated heterocycles. The minimum absolute atomic E-state index is 0.0597. The third kappa shape index (κ3) is 5.15. The van der Waals surface area contributed by atoms with E-state index in [-0.39, 0.29) is 19.6 Å². The van der Waals surface area contributed by atoms with E-state index in [2.05, 4.69) is 0 Å². The van der Waals surface area contributed by atoms with Crippen molar-refractivity contribution in [2.45, 2.75) is 38.8 Å². The summed E-state index contributed by atoms with van der Waals surface area (Å²) in [5.74, 6) is -3.79. The standard InChI is InChI=1S/C18H22F2N2O5/c1-18(2,3)27-17(26)21-7-8-22(14(10-21)16(24)25)15(23)9-11-12(19)5-4-6-13(11)20/h4-6,14H,7-10H2,1-3H3,(H,24,25). The molecule has 2 amide bonds. The summed E-state index contributed by atoms with van der Waals surface area (Å²) >= 11 is 0. The maximum absolute atomic E-state index is 13.8. The van der Waals surface area contributed by atoms with E-state index in [1.807, 2.05) is 0 Å². The number of rotatable bonds is 3. The van der Waals surface area contributed by atoms with Crippen LogP contribution in [-0.2, 0) is 20.7 Å². The Morgan fingerprint density at radius 3 is 2.30 bits per heavy atom. The molecular formula is C18H22F2N2O5. The number of ether oxygens (including phenoxy) is 1. The highest BCUT2D eigenvalue weighted by Gasteiger charge is 2.38. The van der Waals surface area contributed by atoms with Gasteiger partial charge in [-0.05, 0) is 32.9 Å². The molecule has 1 aliphatic rings. The lowest BCUT2D eigenvalue weighted by Gasteiger charge is -2.39. The lowest BCUT2D eigenvalue weighted by atomic mass is 10.1. The summed E-state index contributed by atoms with van der Waals surface area (Å²) < 4.78 is 32.7. The Bertz CT molecular complexity index is 728. The van der Waals surface area contributed by atoms with Crippen molar-refractivity contribution in [3.8, 4) is 0 Å². The van der Waals surface area contributed by atoms with Gasteiger partial charge in [-0.2, -0.15) is 0 Å². The molecule has 1 heterocycles. The van der Waals surface area contributed by atoms with Gasteiger partial charge in [-0.15, -0.1) is 0 Å². The van der Waals surface area contributed by atoms with Gasteiger partial charge in [0.05, 0.1) is 13.0 Å². The van der Waals surface area contributed by atoms with E-state index in [1.54, 1.807) is 20.8 Å². The number of amides is 2. The van der Waals surface area contributed by atoms with Crippen LogP contribution in [-0.4, -0.2) is 64.2 Å². The SMILES string of the molecule is CC(C)(C)OC(=O)N1CCN(C(=O)Cc2c(F)cccc2F)C(C(=O)O)C1. The van der Waals surface area contributed by atoms with Gasteiger partial charge in [-0.25, -0.2) is 18.4 Å². The van der Waals surface area contributed by atoms with Gasteiger partial charge in [0.25, 0.3) is 0 Å². The molecule has 1 aromatic rings. The zero-order chi connectivity index (χ0) is 20.4. The minimum Gasteiger partial charge on any atom is -0.480 e. The minimum atomic E-state index is -1.33. The fourth-order valence-electron chi connectivity index (χ4n) is 2.74. The van der Waals surface area contributed by atoms with Crippen molar-refractivity contribution in [1.82, 2.24) is 9.80 Å². The normalized spacial score (nSPS) is 17.6. The topological polar surface area (TPSA) is 87.2 Å². The van der Waals surface area contributed by atoms with Crippen molar-refractivity contribution in [3.63, 3.8) is 0 Å². The van der Waals surface area contributed by atoms with Crippen LogP contribution in [0.1, 0.15) is 26.3 Å². The Balaban J connectivity index is 2.12. The fraction of sp³-hybridized carbons (Fsp3) is 0.500. The summed E-state index contributed by atoms with van der Waals surface area (Å²) in [4.78, 5) is 38.5. The number of carboxylic acid groups (broad SMARTS) is 1. The van der Waals surface area contributed by atoms with E-state index < -0.39 is 53.2 Å². The molecule has 0 aliphatic carbocycles. The maximum Gasteiger partial charge on any atom is 0.410 e. The van der Waals surface area contributed by atoms with E-state index in [9.17, 15) is 28.3 Å². The van der Waals surface area contributed by atoms with Crippen molar-refractivity contribution in [3.05, 3.63) is 35.4 Å². The molecular weight excluding hydrogens is 362 g/mol. The predicted octanol–water partition coefficient (Wildman–Crippen LogP) is 2.04. The molecule has 1 aromatic carbocycles. The first kappa shape index (κ1) is 20.6. The fourth-order valence-corrected chi connectivity index (χ4v) is 2.74. The molecule has 2 rings (SSSR count). The van der Waals surface area contributed by atoms with Gasteiger partial charge in [0, 0.05) is 18.7 Å². The van der Waals surface area contributed by atoms with Crippen molar-refractivity contribution < 1.29 is 33.0 Å². The first-order valence-electron chi connectivity index (χ1n) is 8.42. The summed E-state index contributed by atoms with van der Waals surface area (Å²) in [7, 11) is 0. The molecule has 7 nitrogen and oxygen atoms in total. The summed E-state index contributed by atoms with van der Waals surface area (Å²) in [5.41, 5.74) is -1.16. The van der Waals surface area contributed by atoms with Crippen LogP contribution < -0.4 is 0 Å². The van der Waals surface area contributed by atoms with Crippen molar-refractivity contribution in [2.75, 3.05) is 19.6 Å². The lowest BCUT2D eigenvalue weighted by Crippen LogP contribution is -2.60. The third-order valence-corrected chi connectivity index (χ3v) is 4.03. The van der Waals surface area contributed by atoms with E-state index >= 15 is 0 Å². The van der Waals surface area contributed by atoms with Gasteiger partial charge in [0.2, 0.25) is 5.91 Å². The molecule has 0 bridgehead atoms. The predicted molar refractivity (Wildman–Crippen MR) is 91.0 cm³/mol. The number of carboxylic acids is 1. The number of carbonyl (C=O) groups excluding carboxylic acids is 2. The Kier molecular flexibility index (Phi) is 6.02. The number of hydrogen-bond acceptors (Lipinski definition) is 4. The number of carbonyl (C=O) groups is 3. The molecule has 1 atom stereocenters. The van der Waals surface area contributed by atoms with Gasteiger partial charge in [-0.3, -0.25) is 4.79 Å². The van der Waals surface area contributed by atoms with Crippen LogP contribution in [0.2, 0.25) is 0 Å². The molecule has 0 saturated carbocycles. The van der Waals surface area contributed by atoms with Crippen LogP contribution in [0, 0.1) is 11.6 Å². The molecule has 1 aliphatic heterocycles. The van der Waals surface area contributed by atoms with Crippen LogP contribution in [0.15, 0.2) is 18.2 Å². The highest BCUT2D eigenvalue weighted by atomic mass is 19.1. The molecule has 1 N–H and O–H groups in total. The van der Waals surface area contributed by atoms with E-state index in [0.29, 0.717) is 0 Å². The van der Waals surface area contributed by atoms with Gasteiger partial charge in [0.15, 0.2) is 0 Å².